The average Bonchev–Trinajstić information content (AvgIpc) is 2.45. The molecular weight excluding hydrogens is 342 g/mol. The van der Waals surface area contributed by atoms with Gasteiger partial charge in [-0.2, -0.15) is 0 Å². The second kappa shape index (κ2) is 14.3. The number of hydrogen-bond acceptors (Lipinski definition) is 2. The summed E-state index contributed by atoms with van der Waals surface area (Å²) in [6.45, 7) is 9.29. The molecule has 0 aromatic carbocycles. The Morgan fingerprint density at radius 3 is 2.23 bits per heavy atom. The molecule has 0 saturated heterocycles. The number of halogens is 1. The molecule has 0 spiro atoms. The van der Waals surface area contributed by atoms with Crippen LogP contribution in [-0.4, -0.2) is 43.7 Å². The number of esters is 1. The van der Waals surface area contributed by atoms with Gasteiger partial charge in [0.25, 0.3) is 0 Å². The van der Waals surface area contributed by atoms with E-state index in [9.17, 15) is 4.79 Å². The van der Waals surface area contributed by atoms with Gasteiger partial charge in [0.1, 0.15) is 13.2 Å². The molecule has 4 heteroatoms. The van der Waals surface area contributed by atoms with Crippen LogP contribution in [0.1, 0.15) is 65.2 Å². The number of ether oxygens (including phenoxy) is 1. The van der Waals surface area contributed by atoms with E-state index in [1.807, 2.05) is 0 Å². The van der Waals surface area contributed by atoms with Crippen molar-refractivity contribution in [2.24, 2.45) is 0 Å². The number of nitrogens with zero attached hydrogens (tertiary/aromatic N) is 1. The van der Waals surface area contributed by atoms with Gasteiger partial charge in [-0.15, -0.1) is 0 Å². The standard InChI is InChI=1S/C18H36NO2.BrH/c1-6-8-9-10-11-12-13-14-17(3)19(4,5)15-16-21-18(20)7-2;/h7,17H,2,6,8-16H2,1,3-5H3;1H/q+1;/p-1. The molecule has 0 N–H and O–H groups in total. The first-order chi connectivity index (χ1) is 9.94. The molecule has 0 amide bonds. The molecular formula is C18H36BrNO2. The highest BCUT2D eigenvalue weighted by atomic mass is 79.9. The van der Waals surface area contributed by atoms with Crippen LogP contribution in [0.4, 0.5) is 0 Å². The molecule has 0 fully saturated rings. The lowest BCUT2D eigenvalue weighted by molar-refractivity contribution is -0.913. The lowest BCUT2D eigenvalue weighted by Gasteiger charge is -2.36. The monoisotopic (exact) mass is 377 g/mol. The second-order valence-electron chi connectivity index (χ2n) is 6.63. The summed E-state index contributed by atoms with van der Waals surface area (Å²) in [6, 6.07) is 0.600. The molecule has 0 saturated carbocycles. The fourth-order valence-electron chi connectivity index (χ4n) is 2.41. The summed E-state index contributed by atoms with van der Waals surface area (Å²) in [5.41, 5.74) is 0. The average molecular weight is 378 g/mol. The maximum absolute atomic E-state index is 11.0. The van der Waals surface area contributed by atoms with Crippen molar-refractivity contribution < 1.29 is 31.0 Å². The lowest BCUT2D eigenvalue weighted by Crippen LogP contribution is -3.00. The van der Waals surface area contributed by atoms with Gasteiger partial charge in [-0.1, -0.05) is 52.0 Å². The molecule has 1 atom stereocenters. The van der Waals surface area contributed by atoms with Gasteiger partial charge in [0.05, 0.1) is 20.1 Å². The quantitative estimate of drug-likeness (QED) is 0.209. The Morgan fingerprint density at radius 1 is 1.14 bits per heavy atom. The van der Waals surface area contributed by atoms with Gasteiger partial charge in [0.2, 0.25) is 0 Å². The zero-order valence-electron chi connectivity index (χ0n) is 15.1. The summed E-state index contributed by atoms with van der Waals surface area (Å²) in [4.78, 5) is 11.0. The van der Waals surface area contributed by atoms with E-state index in [1.54, 1.807) is 0 Å². The van der Waals surface area contributed by atoms with Crippen molar-refractivity contribution in [1.29, 1.82) is 0 Å². The summed E-state index contributed by atoms with van der Waals surface area (Å²) in [6.07, 6.45) is 12.0. The Hall–Kier alpha value is -0.350. The highest BCUT2D eigenvalue weighted by Gasteiger charge is 2.23. The van der Waals surface area contributed by atoms with Gasteiger partial charge in [0, 0.05) is 6.08 Å². The van der Waals surface area contributed by atoms with E-state index in [0.29, 0.717) is 12.6 Å². The zero-order valence-corrected chi connectivity index (χ0v) is 16.7. The van der Waals surface area contributed by atoms with E-state index >= 15 is 0 Å². The number of quaternary nitrogens is 1. The first kappa shape index (κ1) is 23.9. The molecule has 0 heterocycles. The molecule has 3 nitrogen and oxygen atoms in total. The van der Waals surface area contributed by atoms with Crippen LogP contribution in [-0.2, 0) is 9.53 Å². The molecule has 0 radical (unpaired) electrons. The summed E-state index contributed by atoms with van der Waals surface area (Å²) in [5.74, 6) is -0.324. The van der Waals surface area contributed by atoms with Crippen LogP contribution < -0.4 is 17.0 Å². The van der Waals surface area contributed by atoms with E-state index < -0.39 is 0 Å². The Bertz CT molecular complexity index is 293. The van der Waals surface area contributed by atoms with Crippen molar-refractivity contribution in [3.8, 4) is 0 Å². The van der Waals surface area contributed by atoms with E-state index in [2.05, 4.69) is 34.5 Å². The van der Waals surface area contributed by atoms with Crippen LogP contribution in [0, 0.1) is 0 Å². The lowest BCUT2D eigenvalue weighted by atomic mass is 10.0. The summed E-state index contributed by atoms with van der Waals surface area (Å²) in [5, 5.41) is 0. The normalized spacial score (nSPS) is 12.4. The summed E-state index contributed by atoms with van der Waals surface area (Å²) in [7, 11) is 4.43. The minimum Gasteiger partial charge on any atom is -1.00 e. The second-order valence-corrected chi connectivity index (χ2v) is 6.63. The van der Waals surface area contributed by atoms with Gasteiger partial charge < -0.3 is 26.2 Å². The molecule has 1 unspecified atom stereocenters. The highest BCUT2D eigenvalue weighted by molar-refractivity contribution is 5.81. The molecule has 0 bridgehead atoms. The van der Waals surface area contributed by atoms with Crippen molar-refractivity contribution in [2.45, 2.75) is 71.3 Å². The Labute approximate surface area is 148 Å². The van der Waals surface area contributed by atoms with Gasteiger partial charge in [0.15, 0.2) is 0 Å². The minimum absolute atomic E-state index is 0. The van der Waals surface area contributed by atoms with E-state index in [4.69, 9.17) is 4.74 Å². The van der Waals surface area contributed by atoms with Crippen LogP contribution in [0.2, 0.25) is 0 Å². The predicted molar refractivity (Wildman–Crippen MR) is 90.2 cm³/mol. The number of rotatable bonds is 13. The number of unbranched alkanes of at least 4 members (excludes halogenated alkanes) is 6. The number of likely N-dealkylation sites (N-methyl/N-ethyl adjacent to an activating group) is 1. The predicted octanol–water partition coefficient (Wildman–Crippen LogP) is 1.33. The zero-order chi connectivity index (χ0) is 16.1. The molecule has 132 valence electrons. The van der Waals surface area contributed by atoms with Crippen molar-refractivity contribution in [1.82, 2.24) is 0 Å². The maximum atomic E-state index is 11.0. The van der Waals surface area contributed by atoms with Crippen molar-refractivity contribution in [2.75, 3.05) is 27.2 Å². The fourth-order valence-corrected chi connectivity index (χ4v) is 2.41. The fraction of sp³-hybridized carbons (Fsp3) is 0.833. The SMILES string of the molecule is C=CC(=O)OCC[N+](C)(C)C(C)CCCCCCCCC.[Br-]. The molecule has 22 heavy (non-hydrogen) atoms. The van der Waals surface area contributed by atoms with Gasteiger partial charge in [-0.25, -0.2) is 4.79 Å². The highest BCUT2D eigenvalue weighted by Crippen LogP contribution is 2.15. The topological polar surface area (TPSA) is 26.3 Å². The first-order valence-corrected chi connectivity index (χ1v) is 8.56. The van der Waals surface area contributed by atoms with E-state index in [-0.39, 0.29) is 23.0 Å². The maximum Gasteiger partial charge on any atom is 0.330 e. The molecule has 0 aliphatic rings. The van der Waals surface area contributed by atoms with Crippen molar-refractivity contribution in [3.63, 3.8) is 0 Å². The van der Waals surface area contributed by atoms with Gasteiger partial charge in [-0.05, 0) is 19.8 Å². The van der Waals surface area contributed by atoms with Gasteiger partial charge >= 0.3 is 5.97 Å². The molecule has 0 aliphatic carbocycles. The largest absolute Gasteiger partial charge is 1.00 e. The van der Waals surface area contributed by atoms with Crippen LogP contribution in [0.5, 0.6) is 0 Å². The molecule has 0 aromatic rings. The molecule has 0 rings (SSSR count). The Morgan fingerprint density at radius 2 is 1.68 bits per heavy atom. The van der Waals surface area contributed by atoms with Crippen LogP contribution in [0.25, 0.3) is 0 Å². The minimum atomic E-state index is -0.324. The smallest absolute Gasteiger partial charge is 0.330 e. The Balaban J connectivity index is 0. The summed E-state index contributed by atoms with van der Waals surface area (Å²) >= 11 is 0. The summed E-state index contributed by atoms with van der Waals surface area (Å²) < 4.78 is 5.99. The van der Waals surface area contributed by atoms with Crippen LogP contribution in [0.3, 0.4) is 0 Å². The van der Waals surface area contributed by atoms with Crippen LogP contribution >= 0.6 is 0 Å². The van der Waals surface area contributed by atoms with E-state index in [0.717, 1.165) is 11.0 Å². The van der Waals surface area contributed by atoms with Crippen molar-refractivity contribution in [3.05, 3.63) is 12.7 Å². The number of carbonyl (C=O) groups excluding carboxylic acids is 1. The molecule has 0 aliphatic heterocycles. The van der Waals surface area contributed by atoms with E-state index in [1.165, 1.54) is 57.4 Å². The third-order valence-corrected chi connectivity index (χ3v) is 4.50. The van der Waals surface area contributed by atoms with Gasteiger partial charge in [-0.3, -0.25) is 0 Å². The third kappa shape index (κ3) is 12.2. The van der Waals surface area contributed by atoms with Crippen LogP contribution in [0.15, 0.2) is 12.7 Å². The third-order valence-electron chi connectivity index (χ3n) is 4.50. The number of carbonyl (C=O) groups is 1. The molecule has 0 aromatic heterocycles. The number of hydrogen-bond donors (Lipinski definition) is 0. The first-order valence-electron chi connectivity index (χ1n) is 8.56. The Kier molecular flexibility index (Phi) is 15.5. The van der Waals surface area contributed by atoms with Crippen molar-refractivity contribution >= 4 is 5.97 Å².